The first-order chi connectivity index (χ1) is 21.3. The average molecular weight is 566 g/mol. The molecule has 0 saturated heterocycles. The predicted molar refractivity (Wildman–Crippen MR) is 182 cm³/mol. The molecular weight excluding hydrogens is 543 g/mol. The number of hydrogen-bond donors (Lipinski definition) is 0. The van der Waals surface area contributed by atoms with Gasteiger partial charge in [-0.25, -0.2) is 15.0 Å². The number of rotatable bonds is 3. The Morgan fingerprint density at radius 3 is 1.79 bits per heavy atom. The Morgan fingerprint density at radius 2 is 1.02 bits per heavy atom. The van der Waals surface area contributed by atoms with Crippen molar-refractivity contribution in [1.29, 1.82) is 0 Å². The van der Waals surface area contributed by atoms with Gasteiger partial charge in [-0.2, -0.15) is 0 Å². The Balaban J connectivity index is 1.52. The van der Waals surface area contributed by atoms with Crippen molar-refractivity contribution in [3.8, 4) is 33.9 Å². The summed E-state index contributed by atoms with van der Waals surface area (Å²) in [6.07, 6.45) is 0. The smallest absolute Gasteiger partial charge is 0.160 e. The van der Waals surface area contributed by atoms with Crippen LogP contribution >= 0.6 is 11.3 Å². The first-order valence-corrected chi connectivity index (χ1v) is 15.2. The molecule has 43 heavy (non-hydrogen) atoms. The molecule has 0 N–H and O–H groups in total. The second kappa shape index (κ2) is 9.55. The molecule has 9 rings (SSSR count). The van der Waals surface area contributed by atoms with Crippen LogP contribution in [-0.4, -0.2) is 15.0 Å². The Bertz CT molecular complexity index is 2500. The lowest BCUT2D eigenvalue weighted by Crippen LogP contribution is -1.96. The number of fused-ring (bicyclic) bond motifs is 8. The highest BCUT2D eigenvalue weighted by atomic mass is 32.1. The molecule has 0 saturated carbocycles. The monoisotopic (exact) mass is 565 g/mol. The van der Waals surface area contributed by atoms with Crippen LogP contribution in [0.15, 0.2) is 140 Å². The zero-order valence-corrected chi connectivity index (χ0v) is 23.8. The minimum absolute atomic E-state index is 0.726. The Labute approximate surface area is 251 Å². The second-order valence-electron chi connectivity index (χ2n) is 10.8. The molecule has 3 aromatic heterocycles. The van der Waals surface area contributed by atoms with Gasteiger partial charge < -0.3 is 0 Å². The van der Waals surface area contributed by atoms with E-state index in [2.05, 4.69) is 115 Å². The fraction of sp³-hybridized carbons (Fsp3) is 0. The summed E-state index contributed by atoms with van der Waals surface area (Å²) in [5.41, 5.74) is 7.05. The van der Waals surface area contributed by atoms with Crippen molar-refractivity contribution in [3.63, 3.8) is 0 Å². The molecule has 0 radical (unpaired) electrons. The van der Waals surface area contributed by atoms with E-state index in [1.807, 2.05) is 35.6 Å². The van der Waals surface area contributed by atoms with E-state index in [-0.39, 0.29) is 0 Å². The van der Waals surface area contributed by atoms with Crippen LogP contribution in [0.4, 0.5) is 0 Å². The maximum absolute atomic E-state index is 5.31. The molecule has 4 heteroatoms. The number of pyridine rings is 1. The lowest BCUT2D eigenvalue weighted by molar-refractivity contribution is 1.23. The molecule has 0 atom stereocenters. The van der Waals surface area contributed by atoms with Crippen LogP contribution < -0.4 is 0 Å². The molecule has 9 aromatic rings. The molecule has 0 unspecified atom stereocenters. The van der Waals surface area contributed by atoms with E-state index in [0.29, 0.717) is 0 Å². The highest BCUT2D eigenvalue weighted by Crippen LogP contribution is 2.48. The predicted octanol–water partition coefficient (Wildman–Crippen LogP) is 10.7. The van der Waals surface area contributed by atoms with Gasteiger partial charge in [0.2, 0.25) is 0 Å². The van der Waals surface area contributed by atoms with Gasteiger partial charge >= 0.3 is 0 Å². The molecule has 0 bridgehead atoms. The molecular formula is C39H23N3S. The van der Waals surface area contributed by atoms with E-state index >= 15 is 0 Å². The summed E-state index contributed by atoms with van der Waals surface area (Å²) in [6.45, 7) is 0. The van der Waals surface area contributed by atoms with Crippen LogP contribution in [0.3, 0.4) is 0 Å². The number of aromatic nitrogens is 3. The standard InChI is InChI=1S/C39H23N3S/c1-3-13-24(14-4-1)36-29-23-30(37-27-18-8-11-21-32(27)41-39(42-37)25-15-5-2-6-16-25)38-35(28-19-9-12-22-33(28)43-38)34(29)26-17-7-10-20-31(26)40-36/h1-23H. The molecule has 0 aliphatic rings. The fourth-order valence-corrected chi connectivity index (χ4v) is 7.55. The lowest BCUT2D eigenvalue weighted by atomic mass is 9.92. The van der Waals surface area contributed by atoms with Crippen LogP contribution in [0.25, 0.3) is 86.7 Å². The Hall–Kier alpha value is -5.45. The first kappa shape index (κ1) is 24.2. The van der Waals surface area contributed by atoms with Crippen LogP contribution in [0.2, 0.25) is 0 Å². The highest BCUT2D eigenvalue weighted by Gasteiger charge is 2.22. The Morgan fingerprint density at radius 1 is 0.419 bits per heavy atom. The normalized spacial score (nSPS) is 11.7. The number of nitrogens with zero attached hydrogens (tertiary/aromatic N) is 3. The maximum atomic E-state index is 5.31. The molecule has 6 aromatic carbocycles. The van der Waals surface area contributed by atoms with Crippen molar-refractivity contribution in [2.24, 2.45) is 0 Å². The number of hydrogen-bond acceptors (Lipinski definition) is 4. The third-order valence-electron chi connectivity index (χ3n) is 8.25. The van der Waals surface area contributed by atoms with Gasteiger partial charge in [-0.3, -0.25) is 0 Å². The summed E-state index contributed by atoms with van der Waals surface area (Å²) in [5.74, 6) is 0.726. The van der Waals surface area contributed by atoms with Crippen molar-refractivity contribution < 1.29 is 0 Å². The first-order valence-electron chi connectivity index (χ1n) is 14.4. The molecule has 0 spiro atoms. The van der Waals surface area contributed by atoms with Crippen LogP contribution in [0, 0.1) is 0 Å². The summed E-state index contributed by atoms with van der Waals surface area (Å²) in [5, 5.41) is 7.08. The SMILES string of the molecule is c1ccc(-c2nc(-c3cc4c(-c5ccccc5)nc5ccccc5c4c4c3sc3ccccc34)c3ccccc3n2)cc1. The molecule has 200 valence electrons. The van der Waals surface area contributed by atoms with Crippen LogP contribution in [0.5, 0.6) is 0 Å². The van der Waals surface area contributed by atoms with Crippen molar-refractivity contribution >= 4 is 64.1 Å². The van der Waals surface area contributed by atoms with E-state index < -0.39 is 0 Å². The fourth-order valence-electron chi connectivity index (χ4n) is 6.32. The number of benzene rings is 6. The largest absolute Gasteiger partial charge is 0.247 e. The summed E-state index contributed by atoms with van der Waals surface area (Å²) >= 11 is 1.84. The van der Waals surface area contributed by atoms with E-state index in [4.69, 9.17) is 15.0 Å². The minimum Gasteiger partial charge on any atom is -0.247 e. The number of para-hydroxylation sites is 2. The van der Waals surface area contributed by atoms with E-state index in [0.717, 1.165) is 61.1 Å². The summed E-state index contributed by atoms with van der Waals surface area (Å²) in [7, 11) is 0. The molecule has 3 heterocycles. The summed E-state index contributed by atoms with van der Waals surface area (Å²) in [4.78, 5) is 15.6. The molecule has 0 fully saturated rings. The van der Waals surface area contributed by atoms with Gasteiger partial charge in [-0.15, -0.1) is 11.3 Å². The van der Waals surface area contributed by atoms with Gasteiger partial charge in [0.05, 0.1) is 22.4 Å². The van der Waals surface area contributed by atoms with Gasteiger partial charge in [0.25, 0.3) is 0 Å². The van der Waals surface area contributed by atoms with Crippen LogP contribution in [0.1, 0.15) is 0 Å². The van der Waals surface area contributed by atoms with E-state index in [1.54, 1.807) is 0 Å². The highest BCUT2D eigenvalue weighted by molar-refractivity contribution is 7.26. The number of thiophene rings is 1. The summed E-state index contributed by atoms with van der Waals surface area (Å²) < 4.78 is 2.49. The van der Waals surface area contributed by atoms with E-state index in [9.17, 15) is 0 Å². The van der Waals surface area contributed by atoms with Gasteiger partial charge in [-0.1, -0.05) is 115 Å². The molecule has 0 aliphatic heterocycles. The van der Waals surface area contributed by atoms with Crippen molar-refractivity contribution in [1.82, 2.24) is 15.0 Å². The zero-order chi connectivity index (χ0) is 28.3. The Kier molecular flexibility index (Phi) is 5.37. The van der Waals surface area contributed by atoms with Gasteiger partial charge in [-0.05, 0) is 24.3 Å². The van der Waals surface area contributed by atoms with Crippen molar-refractivity contribution in [3.05, 3.63) is 140 Å². The zero-order valence-electron chi connectivity index (χ0n) is 23.0. The summed E-state index contributed by atoms with van der Waals surface area (Å²) in [6, 6.07) is 48.7. The lowest BCUT2D eigenvalue weighted by Gasteiger charge is -2.15. The van der Waals surface area contributed by atoms with Gasteiger partial charge in [0.1, 0.15) is 0 Å². The van der Waals surface area contributed by atoms with Gasteiger partial charge in [0, 0.05) is 58.4 Å². The maximum Gasteiger partial charge on any atom is 0.160 e. The molecule has 0 aliphatic carbocycles. The third kappa shape index (κ3) is 3.77. The van der Waals surface area contributed by atoms with Gasteiger partial charge in [0.15, 0.2) is 5.82 Å². The molecule has 3 nitrogen and oxygen atoms in total. The minimum atomic E-state index is 0.726. The quantitative estimate of drug-likeness (QED) is 0.200. The molecule has 0 amide bonds. The second-order valence-corrected chi connectivity index (χ2v) is 11.8. The van der Waals surface area contributed by atoms with E-state index in [1.165, 1.54) is 25.6 Å². The van der Waals surface area contributed by atoms with Crippen molar-refractivity contribution in [2.75, 3.05) is 0 Å². The topological polar surface area (TPSA) is 38.7 Å². The third-order valence-corrected chi connectivity index (χ3v) is 9.45. The average Bonchev–Trinajstić information content (AvgIpc) is 3.47. The van der Waals surface area contributed by atoms with Crippen LogP contribution in [-0.2, 0) is 0 Å². The van der Waals surface area contributed by atoms with Crippen molar-refractivity contribution in [2.45, 2.75) is 0 Å².